The Morgan fingerprint density at radius 2 is 1.10 bits per heavy atom. The fourth-order valence-corrected chi connectivity index (χ4v) is 7.04. The van der Waals surface area contributed by atoms with Crippen LogP contribution >= 0.6 is 69.6 Å². The monoisotopic (exact) mass is 1120 g/mol. The van der Waals surface area contributed by atoms with Crippen LogP contribution in [0.2, 0.25) is 37.0 Å². The predicted molar refractivity (Wildman–Crippen MR) is 306 cm³/mol. The Hall–Kier alpha value is -5.85. The third-order valence-electron chi connectivity index (χ3n) is 9.21. The van der Waals surface area contributed by atoms with Crippen LogP contribution in [0.15, 0.2) is 100 Å². The number of carbonyl (C=O) groups is 1. The average molecular weight is 1120 g/mol. The molecule has 8 N–H and O–H groups in total. The minimum absolute atomic E-state index is 0.157. The fourth-order valence-electron chi connectivity index (χ4n) is 5.91. The molecule has 5 aromatic carbocycles. The molecule has 1 heterocycles. The summed E-state index contributed by atoms with van der Waals surface area (Å²) in [5, 5.41) is 16.2. The second-order valence-corrected chi connectivity index (χ2v) is 16.7. The van der Waals surface area contributed by atoms with Crippen LogP contribution in [0.1, 0.15) is 34.6 Å². The molecule has 15 nitrogen and oxygen atoms in total. The summed E-state index contributed by atoms with van der Waals surface area (Å²) < 4.78 is 26.0. The molecule has 7 rings (SSSR count). The predicted octanol–water partition coefficient (Wildman–Crippen LogP) is 13.8. The molecule has 1 aliphatic carbocycles. The number of benzene rings is 6. The summed E-state index contributed by atoms with van der Waals surface area (Å²) in [5.41, 5.74) is 11.2. The number of nitrogens with two attached hydrogens (primary N) is 2. The number of aromatic nitrogens is 1. The zero-order valence-corrected chi connectivity index (χ0v) is 46.8. The van der Waals surface area contributed by atoms with Gasteiger partial charge < -0.3 is 55.2 Å². The summed E-state index contributed by atoms with van der Waals surface area (Å²) in [6.07, 6.45) is 0. The summed E-state index contributed by atoms with van der Waals surface area (Å²) in [4.78, 5) is 24.3. The third kappa shape index (κ3) is 20.5. The van der Waals surface area contributed by atoms with Crippen molar-refractivity contribution >= 4 is 123 Å². The summed E-state index contributed by atoms with van der Waals surface area (Å²) in [7, 11) is 10.8. The normalized spacial score (nSPS) is 10.2. The van der Waals surface area contributed by atoms with Gasteiger partial charge in [-0.3, -0.25) is 9.79 Å². The second-order valence-electron chi connectivity index (χ2n) is 14.2. The van der Waals surface area contributed by atoms with Crippen LogP contribution in [0.5, 0.6) is 28.7 Å². The third-order valence-corrected chi connectivity index (χ3v) is 11.1. The van der Waals surface area contributed by atoms with E-state index in [2.05, 4.69) is 43.9 Å². The van der Waals surface area contributed by atoms with Gasteiger partial charge in [-0.1, -0.05) is 76.4 Å². The zero-order valence-electron chi connectivity index (χ0n) is 42.2. The largest absolute Gasteiger partial charge is 0.497 e. The van der Waals surface area contributed by atoms with E-state index in [0.29, 0.717) is 88.2 Å². The van der Waals surface area contributed by atoms with Crippen molar-refractivity contribution in [3.05, 3.63) is 126 Å². The SMILES string of the molecule is CCN=c1cc2oc3cc(NCC)c(Cl)cc3nc-2cc1Cl.CCNc1cc(OC)c(ON)cc1Cl.CCNc1cc(OC)ccc1Cl.COc1ccc(Cl)c(N)c1.COc1ccc(Cl)c(NC(C)=O)c1.[B]C. The number of hydrogen-bond acceptors (Lipinski definition) is 14. The number of carbonyl (C=O) groups excluding carboxylic acids is 1. The Kier molecular flexibility index (Phi) is 29.3. The molecule has 0 saturated carbocycles. The maximum absolute atomic E-state index is 10.8. The lowest BCUT2D eigenvalue weighted by Crippen LogP contribution is -2.06. The molecule has 392 valence electrons. The molecule has 2 aliphatic rings. The lowest BCUT2D eigenvalue weighted by Gasteiger charge is -2.11. The van der Waals surface area contributed by atoms with Gasteiger partial charge in [-0.2, -0.15) is 5.90 Å². The highest BCUT2D eigenvalue weighted by Crippen LogP contribution is 2.36. The van der Waals surface area contributed by atoms with Crippen molar-refractivity contribution in [2.24, 2.45) is 10.9 Å². The minimum Gasteiger partial charge on any atom is -0.497 e. The van der Waals surface area contributed by atoms with Gasteiger partial charge in [-0.05, 0) is 76.2 Å². The zero-order chi connectivity index (χ0) is 54.6. The smallest absolute Gasteiger partial charge is 0.221 e. The summed E-state index contributed by atoms with van der Waals surface area (Å²) >= 11 is 35.8. The molecule has 0 saturated heterocycles. The van der Waals surface area contributed by atoms with Gasteiger partial charge in [0.2, 0.25) is 5.91 Å². The number of nitrogens with one attached hydrogen (secondary N) is 4. The summed E-state index contributed by atoms with van der Waals surface area (Å²) in [5.74, 6) is 8.71. The number of ether oxygens (including phenoxy) is 4. The standard InChI is InChI=1S/C16H15Cl2N3O.C9H13ClN2O2.C9H10ClNO2.C9H12ClNO.C7H8ClNO.CH3B/c1-3-19-11-7-15-13(5-9(11)17)21-14-6-10(18)12(20-4-2)8-16(14)22-15;1-3-12-7-5-8(13-2)9(14-11)4-6(7)10;1-6(12)11-9-5-7(13-2)3-4-8(9)10;1-3-11-9-6-7(12-2)4-5-8(9)10;1-10-5-2-3-6(8)7(9)4-5;1-2/h5-8,19H,3-4H2,1-2H3;4-5,12H,3,11H2,1-2H3;3-5H,1-2H3,(H,11,12);4-6,11H,3H2,1-2H3;2-4H,9H2,1H3;1H3. The maximum atomic E-state index is 10.8. The van der Waals surface area contributed by atoms with E-state index >= 15 is 0 Å². The number of nitrogens with zero attached hydrogens (tertiary/aromatic N) is 2. The first-order chi connectivity index (χ1) is 35.0. The first-order valence-electron chi connectivity index (χ1n) is 22.3. The first-order valence-corrected chi connectivity index (χ1v) is 24.6. The number of rotatable bonds is 13. The highest BCUT2D eigenvalue weighted by Gasteiger charge is 2.14. The van der Waals surface area contributed by atoms with Gasteiger partial charge >= 0.3 is 0 Å². The molecular formula is C51H61BCl6N8O7. The van der Waals surface area contributed by atoms with E-state index in [0.717, 1.165) is 53.2 Å². The fraction of sp³-hybridized carbons (Fsp3) is 0.275. The van der Waals surface area contributed by atoms with Gasteiger partial charge in [0.15, 0.2) is 22.8 Å². The summed E-state index contributed by atoms with van der Waals surface area (Å²) in [6, 6.07) is 26.3. The van der Waals surface area contributed by atoms with Crippen LogP contribution in [0, 0.1) is 0 Å². The molecule has 1 amide bonds. The number of nitrogen functional groups attached to an aromatic ring is 1. The van der Waals surface area contributed by atoms with Crippen LogP contribution in [0.25, 0.3) is 22.6 Å². The minimum atomic E-state index is -0.157. The van der Waals surface area contributed by atoms with Crippen molar-refractivity contribution < 1.29 is 33.0 Å². The van der Waals surface area contributed by atoms with E-state index in [-0.39, 0.29) is 5.91 Å². The molecule has 73 heavy (non-hydrogen) atoms. The molecule has 2 radical (unpaired) electrons. The first kappa shape index (κ1) is 63.3. The molecular weight excluding hydrogens is 1060 g/mol. The van der Waals surface area contributed by atoms with Crippen molar-refractivity contribution in [1.82, 2.24) is 4.98 Å². The van der Waals surface area contributed by atoms with E-state index in [1.165, 1.54) is 13.7 Å². The number of amides is 1. The number of fused-ring (bicyclic) bond motifs is 2. The number of methoxy groups -OCH3 is 4. The van der Waals surface area contributed by atoms with Gasteiger partial charge in [0.25, 0.3) is 0 Å². The number of anilines is 5. The van der Waals surface area contributed by atoms with Crippen LogP contribution in [0.4, 0.5) is 28.4 Å². The van der Waals surface area contributed by atoms with Crippen LogP contribution in [-0.2, 0) is 4.79 Å². The number of halogens is 6. The van der Waals surface area contributed by atoms with Gasteiger partial charge in [0.05, 0.1) is 100 Å². The van der Waals surface area contributed by atoms with Crippen LogP contribution < -0.4 is 62.0 Å². The van der Waals surface area contributed by atoms with Crippen molar-refractivity contribution in [3.63, 3.8) is 0 Å². The highest BCUT2D eigenvalue weighted by molar-refractivity contribution is 6.35. The Balaban J connectivity index is 0.000000319. The van der Waals surface area contributed by atoms with E-state index in [1.54, 1.807) is 89.1 Å². The van der Waals surface area contributed by atoms with Gasteiger partial charge in [-0.15, -0.1) is 0 Å². The van der Waals surface area contributed by atoms with Crippen molar-refractivity contribution in [2.45, 2.75) is 41.4 Å². The van der Waals surface area contributed by atoms with Crippen molar-refractivity contribution in [1.29, 1.82) is 0 Å². The molecule has 1 aliphatic heterocycles. The molecule has 5 aromatic rings. The van der Waals surface area contributed by atoms with E-state index in [4.69, 9.17) is 105 Å². The second kappa shape index (κ2) is 33.8. The van der Waals surface area contributed by atoms with E-state index in [1.807, 2.05) is 58.0 Å². The van der Waals surface area contributed by atoms with Crippen molar-refractivity contribution in [3.8, 4) is 40.2 Å². The summed E-state index contributed by atoms with van der Waals surface area (Å²) in [6.45, 7) is 14.0. The Labute approximate surface area is 458 Å². The van der Waals surface area contributed by atoms with Crippen LogP contribution in [-0.4, -0.2) is 73.4 Å². The molecule has 0 fully saturated rings. The lowest BCUT2D eigenvalue weighted by atomic mass is 10.2. The molecule has 0 aromatic heterocycles. The van der Waals surface area contributed by atoms with Crippen LogP contribution in [0.3, 0.4) is 0 Å². The van der Waals surface area contributed by atoms with Gasteiger partial charge in [-0.25, -0.2) is 4.98 Å². The quantitative estimate of drug-likeness (QED) is 0.0276. The molecule has 0 atom stereocenters. The average Bonchev–Trinajstić information content (AvgIpc) is 3.38. The molecule has 0 spiro atoms. The maximum Gasteiger partial charge on any atom is 0.221 e. The molecule has 0 unspecified atom stereocenters. The molecule has 22 heteroatoms. The van der Waals surface area contributed by atoms with E-state index in [9.17, 15) is 4.79 Å². The topological polar surface area (TPSA) is 202 Å². The van der Waals surface area contributed by atoms with Gasteiger partial charge in [0, 0.05) is 75.6 Å². The molecule has 0 bridgehead atoms. The Morgan fingerprint density at radius 3 is 1.59 bits per heavy atom. The Bertz CT molecular complexity index is 2860. The van der Waals surface area contributed by atoms with Crippen molar-refractivity contribution in [2.75, 3.05) is 81.6 Å². The number of hydrogen-bond donors (Lipinski definition) is 6. The Morgan fingerprint density at radius 1 is 0.603 bits per heavy atom. The highest BCUT2D eigenvalue weighted by atomic mass is 35.5. The van der Waals surface area contributed by atoms with E-state index < -0.39 is 0 Å². The lowest BCUT2D eigenvalue weighted by molar-refractivity contribution is -0.114. The van der Waals surface area contributed by atoms with Gasteiger partial charge in [0.1, 0.15) is 28.5 Å².